The van der Waals surface area contributed by atoms with Crippen molar-refractivity contribution in [1.29, 1.82) is 0 Å². The highest BCUT2D eigenvalue weighted by atomic mass is 79.9. The van der Waals surface area contributed by atoms with Gasteiger partial charge in [0.05, 0.1) is 7.11 Å². The van der Waals surface area contributed by atoms with Crippen LogP contribution in [-0.4, -0.2) is 7.11 Å². The van der Waals surface area contributed by atoms with Crippen molar-refractivity contribution in [3.05, 3.63) is 28.8 Å². The van der Waals surface area contributed by atoms with Gasteiger partial charge in [0.2, 0.25) is 0 Å². The maximum absolute atomic E-state index is 5.44. The molecule has 0 N–H and O–H groups in total. The third kappa shape index (κ3) is 2.90. The first-order chi connectivity index (χ1) is 8.63. The van der Waals surface area contributed by atoms with Gasteiger partial charge >= 0.3 is 0 Å². The van der Waals surface area contributed by atoms with E-state index >= 15 is 0 Å². The van der Waals surface area contributed by atoms with Crippen LogP contribution in [-0.2, 0) is 0 Å². The van der Waals surface area contributed by atoms with Crippen LogP contribution < -0.4 is 4.74 Å². The second-order valence-electron chi connectivity index (χ2n) is 5.49. The van der Waals surface area contributed by atoms with E-state index in [4.69, 9.17) is 4.74 Å². The molecule has 0 bridgehead atoms. The molecule has 1 saturated carbocycles. The van der Waals surface area contributed by atoms with Crippen LogP contribution >= 0.6 is 15.9 Å². The third-order valence-corrected chi connectivity index (χ3v) is 5.35. The fourth-order valence-electron chi connectivity index (χ4n) is 3.16. The van der Waals surface area contributed by atoms with Crippen LogP contribution in [0.4, 0.5) is 0 Å². The smallest absolute Gasteiger partial charge is 0.124 e. The number of hydrogen-bond donors (Lipinski definition) is 0. The summed E-state index contributed by atoms with van der Waals surface area (Å²) in [6.45, 7) is 4.27. The highest BCUT2D eigenvalue weighted by Crippen LogP contribution is 2.41. The summed E-state index contributed by atoms with van der Waals surface area (Å²) in [6.07, 6.45) is 6.92. The molecule has 0 radical (unpaired) electrons. The number of rotatable bonds is 3. The molecule has 1 atom stereocenters. The van der Waals surface area contributed by atoms with Crippen LogP contribution in [0.5, 0.6) is 5.75 Å². The van der Waals surface area contributed by atoms with Gasteiger partial charge in [-0.1, -0.05) is 47.3 Å². The zero-order valence-electron chi connectivity index (χ0n) is 11.6. The Morgan fingerprint density at radius 2 is 1.67 bits per heavy atom. The molecule has 0 heterocycles. The zero-order chi connectivity index (χ0) is 13.1. The molecule has 18 heavy (non-hydrogen) atoms. The SMILES string of the molecule is COc1c(C)cc(C(Br)C2CCCCC2)cc1C. The van der Waals surface area contributed by atoms with Crippen LogP contribution in [0.15, 0.2) is 12.1 Å². The molecule has 0 amide bonds. The number of aryl methyl sites for hydroxylation is 2. The minimum Gasteiger partial charge on any atom is -0.496 e. The van der Waals surface area contributed by atoms with Crippen molar-refractivity contribution < 1.29 is 4.74 Å². The van der Waals surface area contributed by atoms with E-state index in [2.05, 4.69) is 41.9 Å². The number of methoxy groups -OCH3 is 1. The van der Waals surface area contributed by atoms with Crippen molar-refractivity contribution in [2.24, 2.45) is 5.92 Å². The normalized spacial score (nSPS) is 18.7. The Morgan fingerprint density at radius 1 is 1.11 bits per heavy atom. The Kier molecular flexibility index (Phi) is 4.71. The summed E-state index contributed by atoms with van der Waals surface area (Å²) in [5, 5.41) is 0. The monoisotopic (exact) mass is 310 g/mol. The first-order valence-corrected chi connectivity index (χ1v) is 7.84. The first-order valence-electron chi connectivity index (χ1n) is 6.92. The highest BCUT2D eigenvalue weighted by Gasteiger charge is 2.23. The van der Waals surface area contributed by atoms with Crippen molar-refractivity contribution in [3.8, 4) is 5.75 Å². The molecule has 0 aromatic heterocycles. The van der Waals surface area contributed by atoms with Gasteiger partial charge in [-0.3, -0.25) is 0 Å². The second-order valence-corrected chi connectivity index (χ2v) is 6.47. The summed E-state index contributed by atoms with van der Waals surface area (Å²) in [5.41, 5.74) is 3.90. The van der Waals surface area contributed by atoms with Crippen LogP contribution in [0.1, 0.15) is 53.6 Å². The molecule has 1 unspecified atom stereocenters. The molecular weight excluding hydrogens is 288 g/mol. The average molecular weight is 311 g/mol. The van der Waals surface area contributed by atoms with E-state index in [-0.39, 0.29) is 0 Å². The van der Waals surface area contributed by atoms with Crippen molar-refractivity contribution >= 4 is 15.9 Å². The number of benzene rings is 1. The van der Waals surface area contributed by atoms with Gasteiger partial charge in [-0.2, -0.15) is 0 Å². The largest absolute Gasteiger partial charge is 0.496 e. The molecule has 1 fully saturated rings. The minimum atomic E-state index is 0.501. The van der Waals surface area contributed by atoms with Gasteiger partial charge in [0.25, 0.3) is 0 Å². The van der Waals surface area contributed by atoms with Crippen molar-refractivity contribution in [2.75, 3.05) is 7.11 Å². The number of halogens is 1. The lowest BCUT2D eigenvalue weighted by Gasteiger charge is -2.27. The fraction of sp³-hybridized carbons (Fsp3) is 0.625. The number of hydrogen-bond acceptors (Lipinski definition) is 1. The predicted octanol–water partition coefficient (Wildman–Crippen LogP) is 5.33. The van der Waals surface area contributed by atoms with Crippen LogP contribution in [0.25, 0.3) is 0 Å². The van der Waals surface area contributed by atoms with E-state index in [1.165, 1.54) is 48.8 Å². The lowest BCUT2D eigenvalue weighted by atomic mass is 9.84. The lowest BCUT2D eigenvalue weighted by molar-refractivity contribution is 0.354. The Bertz CT molecular complexity index is 385. The molecular formula is C16H23BrO. The Hall–Kier alpha value is -0.500. The summed E-state index contributed by atoms with van der Waals surface area (Å²) < 4.78 is 5.44. The fourth-order valence-corrected chi connectivity index (χ4v) is 3.96. The summed E-state index contributed by atoms with van der Waals surface area (Å²) in [5.74, 6) is 1.83. The molecule has 1 aliphatic rings. The van der Waals surface area contributed by atoms with Gasteiger partial charge < -0.3 is 4.74 Å². The lowest BCUT2D eigenvalue weighted by Crippen LogP contribution is -2.12. The van der Waals surface area contributed by atoms with Gasteiger partial charge in [0.15, 0.2) is 0 Å². The summed E-state index contributed by atoms with van der Waals surface area (Å²) in [4.78, 5) is 0.501. The Morgan fingerprint density at radius 3 is 2.17 bits per heavy atom. The quantitative estimate of drug-likeness (QED) is 0.686. The van der Waals surface area contributed by atoms with Crippen LogP contribution in [0.2, 0.25) is 0 Å². The average Bonchev–Trinajstić information content (AvgIpc) is 2.38. The highest BCUT2D eigenvalue weighted by molar-refractivity contribution is 9.09. The van der Waals surface area contributed by atoms with E-state index in [1.54, 1.807) is 7.11 Å². The van der Waals surface area contributed by atoms with Gasteiger partial charge in [-0.25, -0.2) is 0 Å². The molecule has 1 aliphatic carbocycles. The Labute approximate surface area is 119 Å². The minimum absolute atomic E-state index is 0.501. The summed E-state index contributed by atoms with van der Waals surface area (Å²) in [7, 11) is 1.75. The second kappa shape index (κ2) is 6.10. The molecule has 2 heteroatoms. The van der Waals surface area contributed by atoms with Crippen molar-refractivity contribution in [1.82, 2.24) is 0 Å². The van der Waals surface area contributed by atoms with E-state index in [0.717, 1.165) is 11.7 Å². The maximum Gasteiger partial charge on any atom is 0.124 e. The van der Waals surface area contributed by atoms with E-state index in [9.17, 15) is 0 Å². The van der Waals surface area contributed by atoms with Crippen LogP contribution in [0, 0.1) is 19.8 Å². The molecule has 0 aliphatic heterocycles. The topological polar surface area (TPSA) is 9.23 Å². The van der Waals surface area contributed by atoms with Gasteiger partial charge in [0.1, 0.15) is 5.75 Å². The van der Waals surface area contributed by atoms with E-state index in [1.807, 2.05) is 0 Å². The number of alkyl halides is 1. The Balaban J connectivity index is 2.22. The van der Waals surface area contributed by atoms with E-state index in [0.29, 0.717) is 4.83 Å². The molecule has 1 nitrogen and oxygen atoms in total. The maximum atomic E-state index is 5.44. The molecule has 1 aromatic carbocycles. The van der Waals surface area contributed by atoms with Crippen LogP contribution in [0.3, 0.4) is 0 Å². The summed E-state index contributed by atoms with van der Waals surface area (Å²) in [6, 6.07) is 4.56. The zero-order valence-corrected chi connectivity index (χ0v) is 13.2. The number of ether oxygens (including phenoxy) is 1. The molecule has 100 valence electrons. The molecule has 1 aromatic rings. The van der Waals surface area contributed by atoms with Crippen molar-refractivity contribution in [3.63, 3.8) is 0 Å². The van der Waals surface area contributed by atoms with E-state index < -0.39 is 0 Å². The molecule has 0 saturated heterocycles. The predicted molar refractivity (Wildman–Crippen MR) is 80.7 cm³/mol. The van der Waals surface area contributed by atoms with Crippen molar-refractivity contribution in [2.45, 2.75) is 50.8 Å². The van der Waals surface area contributed by atoms with Gasteiger partial charge in [0, 0.05) is 4.83 Å². The summed E-state index contributed by atoms with van der Waals surface area (Å²) >= 11 is 3.92. The standard InChI is InChI=1S/C16H23BrO/c1-11-9-14(10-12(2)16(11)18-3)15(17)13-7-5-4-6-8-13/h9-10,13,15H,4-8H2,1-3H3. The third-order valence-electron chi connectivity index (χ3n) is 4.07. The molecule has 0 spiro atoms. The molecule has 2 rings (SSSR count). The first kappa shape index (κ1) is 13.9. The van der Waals surface area contributed by atoms with Gasteiger partial charge in [-0.05, 0) is 49.3 Å². The van der Waals surface area contributed by atoms with Gasteiger partial charge in [-0.15, -0.1) is 0 Å².